The van der Waals surface area contributed by atoms with Gasteiger partial charge in [-0.25, -0.2) is 13.1 Å². The van der Waals surface area contributed by atoms with E-state index in [0.717, 1.165) is 10.0 Å². The van der Waals surface area contributed by atoms with Crippen LogP contribution in [0.2, 0.25) is 0 Å². The van der Waals surface area contributed by atoms with Crippen molar-refractivity contribution in [3.05, 3.63) is 64.1 Å². The number of benzene rings is 2. The van der Waals surface area contributed by atoms with Crippen LogP contribution >= 0.6 is 15.9 Å². The van der Waals surface area contributed by atoms with E-state index in [0.29, 0.717) is 5.56 Å². The van der Waals surface area contributed by atoms with E-state index in [2.05, 4.69) is 31.3 Å². The largest absolute Gasteiger partial charge is 0.352 e. The van der Waals surface area contributed by atoms with Gasteiger partial charge < -0.3 is 10.6 Å². The fourth-order valence-corrected chi connectivity index (χ4v) is 3.18. The fraction of sp³-hybridized carbons (Fsp3) is 0.222. The Balaban J connectivity index is 1.74. The van der Waals surface area contributed by atoms with Gasteiger partial charge in [0.25, 0.3) is 5.91 Å². The minimum Gasteiger partial charge on any atom is -0.352 e. The molecule has 9 heteroatoms. The molecular formula is C18H20BrN3O4S. The van der Waals surface area contributed by atoms with Crippen molar-refractivity contribution in [1.82, 2.24) is 15.4 Å². The third kappa shape index (κ3) is 6.46. The molecule has 27 heavy (non-hydrogen) atoms. The predicted molar refractivity (Wildman–Crippen MR) is 106 cm³/mol. The standard InChI is InChI=1S/C18H20BrN3O4S/c1-20-27(25,26)16-8-2-13(3-9-16)12-22-17(23)10-11-21-18(24)14-4-6-15(19)7-5-14/h2-9,20H,10-12H2,1H3,(H,21,24)(H,22,23). The Morgan fingerprint density at radius 1 is 0.963 bits per heavy atom. The highest BCUT2D eigenvalue weighted by molar-refractivity contribution is 9.10. The van der Waals surface area contributed by atoms with E-state index < -0.39 is 10.0 Å². The molecule has 0 bridgehead atoms. The monoisotopic (exact) mass is 453 g/mol. The molecule has 0 unspecified atom stereocenters. The lowest BCUT2D eigenvalue weighted by molar-refractivity contribution is -0.121. The molecule has 0 heterocycles. The number of rotatable bonds is 8. The highest BCUT2D eigenvalue weighted by Gasteiger charge is 2.11. The van der Waals surface area contributed by atoms with Crippen molar-refractivity contribution in [2.75, 3.05) is 13.6 Å². The van der Waals surface area contributed by atoms with Crippen LogP contribution in [0.25, 0.3) is 0 Å². The molecule has 2 rings (SSSR count). The van der Waals surface area contributed by atoms with Gasteiger partial charge >= 0.3 is 0 Å². The van der Waals surface area contributed by atoms with Crippen LogP contribution in [0.15, 0.2) is 57.9 Å². The number of amides is 2. The molecule has 2 aromatic rings. The van der Waals surface area contributed by atoms with Crippen LogP contribution in [0.1, 0.15) is 22.3 Å². The summed E-state index contributed by atoms with van der Waals surface area (Å²) in [5.74, 6) is -0.449. The molecule has 0 aliphatic heterocycles. The summed E-state index contributed by atoms with van der Waals surface area (Å²) in [4.78, 5) is 24.0. The van der Waals surface area contributed by atoms with Crippen LogP contribution < -0.4 is 15.4 Å². The van der Waals surface area contributed by atoms with E-state index in [1.54, 1.807) is 36.4 Å². The van der Waals surface area contributed by atoms with E-state index >= 15 is 0 Å². The third-order valence-corrected chi connectivity index (χ3v) is 5.69. The Morgan fingerprint density at radius 3 is 2.19 bits per heavy atom. The third-order valence-electron chi connectivity index (χ3n) is 3.74. The second-order valence-electron chi connectivity index (χ2n) is 5.64. The minimum absolute atomic E-state index is 0.147. The average molecular weight is 454 g/mol. The number of carbonyl (C=O) groups is 2. The number of halogens is 1. The molecule has 3 N–H and O–H groups in total. The molecule has 0 spiro atoms. The molecule has 0 aromatic heterocycles. The van der Waals surface area contributed by atoms with Crippen molar-refractivity contribution >= 4 is 37.8 Å². The molecule has 0 aliphatic rings. The van der Waals surface area contributed by atoms with Crippen molar-refractivity contribution in [3.63, 3.8) is 0 Å². The normalized spacial score (nSPS) is 11.0. The zero-order valence-electron chi connectivity index (χ0n) is 14.7. The molecule has 2 amide bonds. The van der Waals surface area contributed by atoms with Crippen molar-refractivity contribution in [2.24, 2.45) is 0 Å². The Hall–Kier alpha value is -2.23. The van der Waals surface area contributed by atoms with E-state index in [9.17, 15) is 18.0 Å². The maximum atomic E-state index is 11.9. The van der Waals surface area contributed by atoms with E-state index in [-0.39, 0.29) is 36.2 Å². The van der Waals surface area contributed by atoms with Crippen molar-refractivity contribution in [2.45, 2.75) is 17.9 Å². The zero-order valence-corrected chi connectivity index (χ0v) is 17.1. The van der Waals surface area contributed by atoms with E-state index in [4.69, 9.17) is 0 Å². The number of carbonyl (C=O) groups excluding carboxylic acids is 2. The molecular weight excluding hydrogens is 434 g/mol. The van der Waals surface area contributed by atoms with Crippen molar-refractivity contribution < 1.29 is 18.0 Å². The van der Waals surface area contributed by atoms with Gasteiger partial charge in [0, 0.05) is 29.5 Å². The number of sulfonamides is 1. The fourth-order valence-electron chi connectivity index (χ4n) is 2.19. The van der Waals surface area contributed by atoms with E-state index in [1.165, 1.54) is 19.2 Å². The first-order valence-corrected chi connectivity index (χ1v) is 10.4. The van der Waals surface area contributed by atoms with Crippen LogP contribution in [0.4, 0.5) is 0 Å². The number of hydrogen-bond acceptors (Lipinski definition) is 4. The lowest BCUT2D eigenvalue weighted by Gasteiger charge is -2.08. The van der Waals surface area contributed by atoms with Gasteiger partial charge in [0.15, 0.2) is 0 Å². The second kappa shape index (κ2) is 9.63. The number of nitrogens with one attached hydrogen (secondary N) is 3. The predicted octanol–water partition coefficient (Wildman–Crippen LogP) is 1.79. The topological polar surface area (TPSA) is 104 Å². The molecule has 0 saturated carbocycles. The first kappa shape index (κ1) is 21.1. The maximum Gasteiger partial charge on any atom is 0.251 e. The van der Waals surface area contributed by atoms with Crippen LogP contribution in [-0.2, 0) is 21.4 Å². The van der Waals surface area contributed by atoms with Crippen LogP contribution in [0.3, 0.4) is 0 Å². The van der Waals surface area contributed by atoms with E-state index in [1.807, 2.05) is 0 Å². The Labute approximate surface area is 166 Å². The Bertz CT molecular complexity index is 897. The molecule has 7 nitrogen and oxygen atoms in total. The summed E-state index contributed by atoms with van der Waals surface area (Å²) < 4.78 is 26.4. The SMILES string of the molecule is CNS(=O)(=O)c1ccc(CNC(=O)CCNC(=O)c2ccc(Br)cc2)cc1. The molecule has 0 saturated heterocycles. The summed E-state index contributed by atoms with van der Waals surface area (Å²) in [7, 11) is -2.13. The van der Waals surface area contributed by atoms with Crippen LogP contribution in [0, 0.1) is 0 Å². The quantitative estimate of drug-likeness (QED) is 0.566. The maximum absolute atomic E-state index is 11.9. The molecule has 144 valence electrons. The summed E-state index contributed by atoms with van der Waals surface area (Å²) in [5.41, 5.74) is 1.30. The van der Waals surface area contributed by atoms with Gasteiger partial charge in [-0.05, 0) is 49.0 Å². The summed E-state index contributed by atoms with van der Waals surface area (Å²) in [6.45, 7) is 0.499. The highest BCUT2D eigenvalue weighted by atomic mass is 79.9. The molecule has 0 aliphatic carbocycles. The minimum atomic E-state index is -3.47. The Kier molecular flexibility index (Phi) is 7.52. The molecule has 0 atom stereocenters. The van der Waals surface area contributed by atoms with Gasteiger partial charge in [0.1, 0.15) is 0 Å². The van der Waals surface area contributed by atoms with Crippen LogP contribution in [-0.4, -0.2) is 33.8 Å². The lowest BCUT2D eigenvalue weighted by atomic mass is 10.2. The second-order valence-corrected chi connectivity index (χ2v) is 8.44. The average Bonchev–Trinajstić information content (AvgIpc) is 2.67. The smallest absolute Gasteiger partial charge is 0.251 e. The summed E-state index contributed by atoms with van der Waals surface area (Å²) in [6, 6.07) is 13.2. The van der Waals surface area contributed by atoms with Crippen molar-refractivity contribution in [3.8, 4) is 0 Å². The molecule has 0 fully saturated rings. The first-order valence-electron chi connectivity index (χ1n) is 8.15. The summed E-state index contributed by atoms with van der Waals surface area (Å²) >= 11 is 3.30. The van der Waals surface area contributed by atoms with Gasteiger partial charge in [-0.2, -0.15) is 0 Å². The molecule has 0 radical (unpaired) electrons. The van der Waals surface area contributed by atoms with Gasteiger partial charge in [-0.15, -0.1) is 0 Å². The van der Waals surface area contributed by atoms with Gasteiger partial charge in [0.2, 0.25) is 15.9 Å². The van der Waals surface area contributed by atoms with Gasteiger partial charge in [0.05, 0.1) is 4.90 Å². The van der Waals surface area contributed by atoms with Crippen LogP contribution in [0.5, 0.6) is 0 Å². The van der Waals surface area contributed by atoms with Gasteiger partial charge in [-0.1, -0.05) is 28.1 Å². The summed E-state index contributed by atoms with van der Waals surface area (Å²) in [6.07, 6.45) is 0.147. The van der Waals surface area contributed by atoms with Crippen molar-refractivity contribution in [1.29, 1.82) is 0 Å². The zero-order chi connectivity index (χ0) is 19.9. The molecule has 2 aromatic carbocycles. The number of hydrogen-bond donors (Lipinski definition) is 3. The summed E-state index contributed by atoms with van der Waals surface area (Å²) in [5, 5.41) is 5.42. The Morgan fingerprint density at radius 2 is 1.59 bits per heavy atom. The highest BCUT2D eigenvalue weighted by Crippen LogP contribution is 2.11. The lowest BCUT2D eigenvalue weighted by Crippen LogP contribution is -2.30. The van der Waals surface area contributed by atoms with Gasteiger partial charge in [-0.3, -0.25) is 9.59 Å². The first-order chi connectivity index (χ1) is 12.8.